The van der Waals surface area contributed by atoms with Gasteiger partial charge in [-0.15, -0.1) is 5.10 Å². The highest BCUT2D eigenvalue weighted by molar-refractivity contribution is 7.99. The smallest absolute Gasteiger partial charge is 0.233 e. The number of aromatic nitrogens is 4. The average molecular weight is 468 g/mol. The monoisotopic (exact) mass is 467 g/mol. The summed E-state index contributed by atoms with van der Waals surface area (Å²) < 4.78 is 18.4. The molecule has 0 bridgehead atoms. The lowest BCUT2D eigenvalue weighted by molar-refractivity contribution is -0.129. The summed E-state index contributed by atoms with van der Waals surface area (Å²) in [5, 5.41) is 12.6. The molecule has 0 saturated carbocycles. The van der Waals surface area contributed by atoms with Gasteiger partial charge in [0.1, 0.15) is 24.7 Å². The van der Waals surface area contributed by atoms with Crippen LogP contribution in [0.2, 0.25) is 0 Å². The van der Waals surface area contributed by atoms with E-state index < -0.39 is 0 Å². The van der Waals surface area contributed by atoms with E-state index in [1.54, 1.807) is 11.8 Å². The number of tetrazole rings is 1. The molecule has 3 aromatic rings. The number of rotatable bonds is 6. The van der Waals surface area contributed by atoms with Crippen LogP contribution in [-0.4, -0.2) is 63.6 Å². The number of methoxy groups -OCH3 is 1. The Balaban J connectivity index is 1.30. The van der Waals surface area contributed by atoms with E-state index >= 15 is 0 Å². The number of carbonyl (C=O) groups excluding carboxylic acids is 1. The number of benzene rings is 2. The van der Waals surface area contributed by atoms with Gasteiger partial charge in [-0.05, 0) is 65.6 Å². The zero-order valence-electron chi connectivity index (χ0n) is 18.6. The van der Waals surface area contributed by atoms with Crippen LogP contribution >= 0.6 is 11.8 Å². The van der Waals surface area contributed by atoms with Crippen LogP contribution in [-0.2, 0) is 4.79 Å². The van der Waals surface area contributed by atoms with Gasteiger partial charge >= 0.3 is 0 Å². The summed E-state index contributed by atoms with van der Waals surface area (Å²) in [6.45, 7) is 3.83. The molecule has 172 valence electrons. The zero-order valence-corrected chi connectivity index (χ0v) is 19.4. The van der Waals surface area contributed by atoms with E-state index in [-0.39, 0.29) is 17.7 Å². The molecule has 10 heteroatoms. The summed E-state index contributed by atoms with van der Waals surface area (Å²) >= 11 is 1.32. The Morgan fingerprint density at radius 2 is 2.03 bits per heavy atom. The number of hydrogen-bond acceptors (Lipinski definition) is 8. The van der Waals surface area contributed by atoms with E-state index in [0.29, 0.717) is 24.1 Å². The van der Waals surface area contributed by atoms with Gasteiger partial charge < -0.3 is 19.1 Å². The fourth-order valence-electron chi connectivity index (χ4n) is 4.27. The third kappa shape index (κ3) is 4.35. The molecule has 1 fully saturated rings. The van der Waals surface area contributed by atoms with Crippen molar-refractivity contribution in [1.29, 1.82) is 0 Å². The van der Waals surface area contributed by atoms with Crippen molar-refractivity contribution >= 4 is 17.7 Å². The van der Waals surface area contributed by atoms with Crippen molar-refractivity contribution < 1.29 is 19.0 Å². The van der Waals surface area contributed by atoms with E-state index in [1.165, 1.54) is 11.8 Å². The quantitative estimate of drug-likeness (QED) is 0.511. The number of likely N-dealkylation sites (tertiary alicyclic amines) is 1. The Bertz CT molecular complexity index is 1170. The van der Waals surface area contributed by atoms with Crippen molar-refractivity contribution in [3.05, 3.63) is 47.5 Å². The Hall–Kier alpha value is -3.27. The second kappa shape index (κ2) is 9.30. The minimum Gasteiger partial charge on any atom is -0.494 e. The molecule has 1 amide bonds. The maximum Gasteiger partial charge on any atom is 0.233 e. The van der Waals surface area contributed by atoms with Crippen LogP contribution in [0.3, 0.4) is 0 Å². The Morgan fingerprint density at radius 1 is 1.18 bits per heavy atom. The summed E-state index contributed by atoms with van der Waals surface area (Å²) in [6.07, 6.45) is 1.89. The first-order valence-corrected chi connectivity index (χ1v) is 11.9. The van der Waals surface area contributed by atoms with Gasteiger partial charge in [-0.1, -0.05) is 23.9 Å². The maximum absolute atomic E-state index is 13.2. The standard InChI is InChI=1S/C23H25N5O4S/c1-15-5-7-19(30-2)18(12-15)28-23(24-25-26-28)33-14-22(29)27-9-3-4-17(27)16-6-8-20-21(13-16)32-11-10-31-20/h5-8,12-13,17H,3-4,9-11,14H2,1-2H3. The van der Waals surface area contributed by atoms with Gasteiger partial charge in [0.05, 0.1) is 18.9 Å². The number of ether oxygens (including phenoxy) is 3. The van der Waals surface area contributed by atoms with E-state index in [9.17, 15) is 4.79 Å². The Kier molecular flexibility index (Phi) is 6.08. The van der Waals surface area contributed by atoms with Gasteiger partial charge in [0.15, 0.2) is 11.5 Å². The van der Waals surface area contributed by atoms with Gasteiger partial charge in [-0.3, -0.25) is 4.79 Å². The first-order valence-electron chi connectivity index (χ1n) is 10.9. The fraction of sp³-hybridized carbons (Fsp3) is 0.391. The predicted molar refractivity (Wildman–Crippen MR) is 122 cm³/mol. The number of amides is 1. The third-order valence-corrected chi connectivity index (χ3v) is 6.76. The molecular weight excluding hydrogens is 442 g/mol. The molecule has 5 rings (SSSR count). The van der Waals surface area contributed by atoms with E-state index in [4.69, 9.17) is 14.2 Å². The van der Waals surface area contributed by atoms with Gasteiger partial charge in [0, 0.05) is 6.54 Å². The van der Waals surface area contributed by atoms with Crippen molar-refractivity contribution in [1.82, 2.24) is 25.1 Å². The lowest BCUT2D eigenvalue weighted by Crippen LogP contribution is -2.32. The second-order valence-electron chi connectivity index (χ2n) is 7.99. The second-order valence-corrected chi connectivity index (χ2v) is 8.93. The molecule has 33 heavy (non-hydrogen) atoms. The number of thioether (sulfide) groups is 1. The molecular formula is C23H25N5O4S. The molecule has 1 aromatic heterocycles. The molecule has 0 radical (unpaired) electrons. The summed E-state index contributed by atoms with van der Waals surface area (Å²) in [7, 11) is 1.61. The van der Waals surface area contributed by atoms with Crippen LogP contribution in [0.15, 0.2) is 41.6 Å². The topological polar surface area (TPSA) is 91.6 Å². The molecule has 3 heterocycles. The van der Waals surface area contributed by atoms with E-state index in [2.05, 4.69) is 15.5 Å². The molecule has 2 aromatic carbocycles. The molecule has 0 N–H and O–H groups in total. The zero-order chi connectivity index (χ0) is 22.8. The SMILES string of the molecule is COc1ccc(C)cc1-n1nnnc1SCC(=O)N1CCCC1c1ccc2c(c1)OCCO2. The van der Waals surface area contributed by atoms with Crippen molar-refractivity contribution in [3.8, 4) is 22.9 Å². The van der Waals surface area contributed by atoms with Gasteiger partial charge in [0.25, 0.3) is 0 Å². The van der Waals surface area contributed by atoms with Crippen LogP contribution in [0.1, 0.15) is 30.0 Å². The molecule has 0 aliphatic carbocycles. The van der Waals surface area contributed by atoms with Crippen LogP contribution in [0.4, 0.5) is 0 Å². The molecule has 2 aliphatic heterocycles. The van der Waals surface area contributed by atoms with Crippen LogP contribution in [0.5, 0.6) is 17.2 Å². The number of hydrogen-bond donors (Lipinski definition) is 0. The van der Waals surface area contributed by atoms with Gasteiger partial charge in [-0.25, -0.2) is 0 Å². The normalized spacial score (nSPS) is 17.3. The number of aryl methyl sites for hydroxylation is 1. The fourth-order valence-corrected chi connectivity index (χ4v) is 5.04. The van der Waals surface area contributed by atoms with Gasteiger partial charge in [-0.2, -0.15) is 4.68 Å². The lowest BCUT2D eigenvalue weighted by atomic mass is 10.0. The van der Waals surface area contributed by atoms with Gasteiger partial charge in [0.2, 0.25) is 11.1 Å². The summed E-state index contributed by atoms with van der Waals surface area (Å²) in [5.41, 5.74) is 2.88. The van der Waals surface area contributed by atoms with Crippen molar-refractivity contribution in [2.75, 3.05) is 32.6 Å². The summed E-state index contributed by atoms with van der Waals surface area (Å²) in [5.74, 6) is 2.48. The first-order chi connectivity index (χ1) is 16.1. The summed E-state index contributed by atoms with van der Waals surface area (Å²) in [6, 6.07) is 11.8. The highest BCUT2D eigenvalue weighted by Crippen LogP contribution is 2.38. The molecule has 9 nitrogen and oxygen atoms in total. The number of carbonyl (C=O) groups is 1. The summed E-state index contributed by atoms with van der Waals surface area (Å²) in [4.78, 5) is 15.1. The maximum atomic E-state index is 13.2. The van der Waals surface area contributed by atoms with Crippen molar-refractivity contribution in [3.63, 3.8) is 0 Å². The van der Waals surface area contributed by atoms with E-state index in [0.717, 1.165) is 47.7 Å². The molecule has 0 spiro atoms. The van der Waals surface area contributed by atoms with Crippen LogP contribution < -0.4 is 14.2 Å². The third-order valence-electron chi connectivity index (χ3n) is 5.85. The number of fused-ring (bicyclic) bond motifs is 1. The minimum atomic E-state index is 0.0294. The van der Waals surface area contributed by atoms with Crippen molar-refractivity contribution in [2.24, 2.45) is 0 Å². The molecule has 1 saturated heterocycles. The van der Waals surface area contributed by atoms with Crippen LogP contribution in [0, 0.1) is 6.92 Å². The first kappa shape index (κ1) is 21.6. The highest BCUT2D eigenvalue weighted by Gasteiger charge is 2.31. The number of nitrogens with zero attached hydrogens (tertiary/aromatic N) is 5. The average Bonchev–Trinajstić information content (AvgIpc) is 3.52. The van der Waals surface area contributed by atoms with Crippen molar-refractivity contribution in [2.45, 2.75) is 31.0 Å². The Labute approximate surface area is 196 Å². The van der Waals surface area contributed by atoms with E-state index in [1.807, 2.05) is 48.2 Å². The highest BCUT2D eigenvalue weighted by atomic mass is 32.2. The molecule has 2 aliphatic rings. The molecule has 1 unspecified atom stereocenters. The van der Waals surface area contributed by atoms with Crippen LogP contribution in [0.25, 0.3) is 5.69 Å². The molecule has 1 atom stereocenters. The lowest BCUT2D eigenvalue weighted by Gasteiger charge is -2.26. The minimum absolute atomic E-state index is 0.0294. The Morgan fingerprint density at radius 3 is 2.88 bits per heavy atom. The predicted octanol–water partition coefficient (Wildman–Crippen LogP) is 3.21. The largest absolute Gasteiger partial charge is 0.494 e.